The fraction of sp³-hybridized carbons (Fsp3) is 0.222. The number of esters is 1. The molecule has 0 aliphatic carbocycles. The van der Waals surface area contributed by atoms with Crippen molar-refractivity contribution in [2.75, 3.05) is 7.11 Å². The van der Waals surface area contributed by atoms with Crippen molar-refractivity contribution in [1.29, 1.82) is 5.26 Å². The SMILES string of the molecule is COc1ccc(F)cc1COC(=O)[C@H](C)Oc1ccc(C#N)cc1. The lowest BCUT2D eigenvalue weighted by molar-refractivity contribution is -0.152. The molecule has 24 heavy (non-hydrogen) atoms. The highest BCUT2D eigenvalue weighted by Crippen LogP contribution is 2.20. The second-order valence-corrected chi connectivity index (χ2v) is 4.96. The van der Waals surface area contributed by atoms with Crippen LogP contribution in [0.2, 0.25) is 0 Å². The lowest BCUT2D eigenvalue weighted by Gasteiger charge is -2.15. The minimum Gasteiger partial charge on any atom is -0.496 e. The summed E-state index contributed by atoms with van der Waals surface area (Å²) >= 11 is 0. The molecule has 0 unspecified atom stereocenters. The van der Waals surface area contributed by atoms with Crippen molar-refractivity contribution in [2.45, 2.75) is 19.6 Å². The molecule has 0 radical (unpaired) electrons. The second-order valence-electron chi connectivity index (χ2n) is 4.96. The van der Waals surface area contributed by atoms with Crippen molar-refractivity contribution < 1.29 is 23.4 Å². The van der Waals surface area contributed by atoms with Gasteiger partial charge in [0.15, 0.2) is 6.10 Å². The van der Waals surface area contributed by atoms with Crippen molar-refractivity contribution >= 4 is 5.97 Å². The largest absolute Gasteiger partial charge is 0.496 e. The Morgan fingerprint density at radius 2 is 1.96 bits per heavy atom. The molecular weight excluding hydrogens is 313 g/mol. The van der Waals surface area contributed by atoms with Crippen LogP contribution in [0.15, 0.2) is 42.5 Å². The van der Waals surface area contributed by atoms with Gasteiger partial charge >= 0.3 is 5.97 Å². The van der Waals surface area contributed by atoms with Crippen LogP contribution in [-0.2, 0) is 16.1 Å². The number of methoxy groups -OCH3 is 1. The van der Waals surface area contributed by atoms with E-state index in [9.17, 15) is 9.18 Å². The molecule has 0 bridgehead atoms. The highest BCUT2D eigenvalue weighted by atomic mass is 19.1. The highest BCUT2D eigenvalue weighted by Gasteiger charge is 2.17. The van der Waals surface area contributed by atoms with Crippen molar-refractivity contribution in [3.63, 3.8) is 0 Å². The van der Waals surface area contributed by atoms with Gasteiger partial charge in [0, 0.05) is 5.56 Å². The number of benzene rings is 2. The molecule has 0 N–H and O–H groups in total. The molecule has 1 atom stereocenters. The van der Waals surface area contributed by atoms with Gasteiger partial charge in [-0.1, -0.05) is 0 Å². The standard InChI is InChI=1S/C18H16FNO4/c1-12(24-16-6-3-13(10-20)4-7-16)18(21)23-11-14-9-15(19)5-8-17(14)22-2/h3-9,12H,11H2,1-2H3/t12-/m0/s1. The van der Waals surface area contributed by atoms with E-state index in [0.29, 0.717) is 22.6 Å². The monoisotopic (exact) mass is 329 g/mol. The van der Waals surface area contributed by atoms with Gasteiger partial charge in [0.2, 0.25) is 0 Å². The number of hydrogen-bond donors (Lipinski definition) is 0. The Morgan fingerprint density at radius 3 is 2.58 bits per heavy atom. The zero-order chi connectivity index (χ0) is 17.5. The summed E-state index contributed by atoms with van der Waals surface area (Å²) in [6.45, 7) is 1.42. The van der Waals surface area contributed by atoms with Crippen LogP contribution in [0.25, 0.3) is 0 Å². The molecule has 0 amide bonds. The number of nitrogens with zero attached hydrogens (tertiary/aromatic N) is 1. The Morgan fingerprint density at radius 1 is 1.25 bits per heavy atom. The topological polar surface area (TPSA) is 68.6 Å². The van der Waals surface area contributed by atoms with Crippen LogP contribution < -0.4 is 9.47 Å². The normalized spacial score (nSPS) is 11.2. The quantitative estimate of drug-likeness (QED) is 0.761. The van der Waals surface area contributed by atoms with Crippen LogP contribution in [0.4, 0.5) is 4.39 Å². The first kappa shape index (κ1) is 17.3. The molecule has 5 nitrogen and oxygen atoms in total. The van der Waals surface area contributed by atoms with Gasteiger partial charge in [-0.2, -0.15) is 5.26 Å². The van der Waals surface area contributed by atoms with E-state index in [2.05, 4.69) is 0 Å². The average molecular weight is 329 g/mol. The molecule has 2 aromatic rings. The van der Waals surface area contributed by atoms with Gasteiger partial charge in [0.1, 0.15) is 23.9 Å². The van der Waals surface area contributed by atoms with Crippen LogP contribution in [-0.4, -0.2) is 19.2 Å². The lowest BCUT2D eigenvalue weighted by Crippen LogP contribution is -2.26. The summed E-state index contributed by atoms with van der Waals surface area (Å²) in [5.74, 6) is -0.152. The molecule has 0 aromatic heterocycles. The predicted octanol–water partition coefficient (Wildman–Crippen LogP) is 3.22. The summed E-state index contributed by atoms with van der Waals surface area (Å²) < 4.78 is 29.0. The summed E-state index contributed by atoms with van der Waals surface area (Å²) in [7, 11) is 1.45. The van der Waals surface area contributed by atoms with Crippen molar-refractivity contribution in [1.82, 2.24) is 0 Å². The van der Waals surface area contributed by atoms with Gasteiger partial charge in [-0.05, 0) is 49.4 Å². The second kappa shape index (κ2) is 7.97. The van der Waals surface area contributed by atoms with Gasteiger partial charge in [-0.3, -0.25) is 0 Å². The molecular formula is C18H16FNO4. The fourth-order valence-electron chi connectivity index (χ4n) is 1.99. The van der Waals surface area contributed by atoms with Crippen LogP contribution in [0.5, 0.6) is 11.5 Å². The van der Waals surface area contributed by atoms with Crippen molar-refractivity contribution in [3.8, 4) is 17.6 Å². The van der Waals surface area contributed by atoms with Gasteiger partial charge in [0.25, 0.3) is 0 Å². The third kappa shape index (κ3) is 4.46. The number of rotatable bonds is 6. The molecule has 0 aliphatic rings. The first-order valence-corrected chi connectivity index (χ1v) is 7.19. The summed E-state index contributed by atoms with van der Waals surface area (Å²) in [4.78, 5) is 12.0. The van der Waals surface area contributed by atoms with Crippen molar-refractivity contribution in [2.24, 2.45) is 0 Å². The molecule has 0 fully saturated rings. The number of halogens is 1. The summed E-state index contributed by atoms with van der Waals surface area (Å²) in [6, 6.07) is 12.3. The minimum atomic E-state index is -0.850. The molecule has 0 saturated carbocycles. The number of nitriles is 1. The van der Waals surface area contributed by atoms with Gasteiger partial charge in [0.05, 0.1) is 18.7 Å². The molecule has 0 spiro atoms. The van der Waals surface area contributed by atoms with E-state index in [0.717, 1.165) is 0 Å². The Bertz CT molecular complexity index is 753. The summed E-state index contributed by atoms with van der Waals surface area (Å²) in [6.07, 6.45) is -0.850. The maximum absolute atomic E-state index is 13.3. The zero-order valence-electron chi connectivity index (χ0n) is 13.3. The number of ether oxygens (including phenoxy) is 3. The van der Waals surface area contributed by atoms with E-state index in [1.165, 1.54) is 25.3 Å². The highest BCUT2D eigenvalue weighted by molar-refractivity contribution is 5.74. The van der Waals surface area contributed by atoms with E-state index >= 15 is 0 Å². The third-order valence-electron chi connectivity index (χ3n) is 3.24. The molecule has 0 heterocycles. The van der Waals surface area contributed by atoms with Crippen molar-refractivity contribution in [3.05, 3.63) is 59.4 Å². The lowest BCUT2D eigenvalue weighted by atomic mass is 10.2. The van der Waals surface area contributed by atoms with Crippen LogP contribution in [0, 0.1) is 17.1 Å². The Labute approximate surface area is 139 Å². The Hall–Kier alpha value is -3.07. The first-order chi connectivity index (χ1) is 11.5. The first-order valence-electron chi connectivity index (χ1n) is 7.19. The van der Waals surface area contributed by atoms with Gasteiger partial charge in [-0.15, -0.1) is 0 Å². The van der Waals surface area contributed by atoms with Gasteiger partial charge < -0.3 is 14.2 Å². The van der Waals surface area contributed by atoms with E-state index in [1.54, 1.807) is 31.2 Å². The summed E-state index contributed by atoms with van der Waals surface area (Å²) in [5.41, 5.74) is 0.923. The number of carbonyl (C=O) groups excluding carboxylic acids is 1. The Kier molecular flexibility index (Phi) is 5.74. The maximum atomic E-state index is 13.3. The van der Waals surface area contributed by atoms with Crippen LogP contribution in [0.3, 0.4) is 0 Å². The molecule has 2 rings (SSSR count). The average Bonchev–Trinajstić information content (AvgIpc) is 2.60. The van der Waals surface area contributed by atoms with Crippen LogP contribution in [0.1, 0.15) is 18.1 Å². The smallest absolute Gasteiger partial charge is 0.347 e. The maximum Gasteiger partial charge on any atom is 0.347 e. The van der Waals surface area contributed by atoms with E-state index < -0.39 is 17.9 Å². The fourth-order valence-corrected chi connectivity index (χ4v) is 1.99. The van der Waals surface area contributed by atoms with Crippen LogP contribution >= 0.6 is 0 Å². The van der Waals surface area contributed by atoms with E-state index in [4.69, 9.17) is 19.5 Å². The summed E-state index contributed by atoms with van der Waals surface area (Å²) in [5, 5.41) is 8.74. The van der Waals surface area contributed by atoms with Gasteiger partial charge in [-0.25, -0.2) is 9.18 Å². The molecule has 0 saturated heterocycles. The third-order valence-corrected chi connectivity index (χ3v) is 3.24. The Balaban J connectivity index is 1.94. The van der Waals surface area contributed by atoms with E-state index in [1.807, 2.05) is 6.07 Å². The zero-order valence-corrected chi connectivity index (χ0v) is 13.3. The predicted molar refractivity (Wildman–Crippen MR) is 84.0 cm³/mol. The minimum absolute atomic E-state index is 0.124. The molecule has 2 aromatic carbocycles. The molecule has 124 valence electrons. The molecule has 0 aliphatic heterocycles. The van der Waals surface area contributed by atoms with E-state index in [-0.39, 0.29) is 6.61 Å². The molecule has 6 heteroatoms. The number of hydrogen-bond acceptors (Lipinski definition) is 5. The number of carbonyl (C=O) groups is 1.